The monoisotopic (exact) mass is 617 g/mol. The second-order valence-corrected chi connectivity index (χ2v) is 11.9. The van der Waals surface area contributed by atoms with Crippen LogP contribution in [0.2, 0.25) is 5.02 Å². The molecule has 0 saturated carbocycles. The molecule has 0 bridgehead atoms. The molecule has 1 aliphatic heterocycles. The molecule has 1 fully saturated rings. The van der Waals surface area contributed by atoms with Crippen LogP contribution in [0.1, 0.15) is 49.5 Å². The number of hydrogen-bond acceptors (Lipinski definition) is 8. The summed E-state index contributed by atoms with van der Waals surface area (Å²) in [4.78, 5) is 59.0. The Hall–Kier alpha value is -4.77. The number of benzene rings is 1. The zero-order valence-electron chi connectivity index (χ0n) is 24.8. The van der Waals surface area contributed by atoms with Gasteiger partial charge in [-0.1, -0.05) is 29.8 Å². The number of fused-ring (bicyclic) bond motifs is 1. The van der Waals surface area contributed by atoms with Crippen molar-refractivity contribution < 1.29 is 23.9 Å². The predicted octanol–water partition coefficient (Wildman–Crippen LogP) is 4.91. The molecule has 2 amide bonds. The normalized spacial score (nSPS) is 14.8. The minimum Gasteiger partial charge on any atom is -0.481 e. The van der Waals surface area contributed by atoms with E-state index in [1.165, 1.54) is 17.7 Å². The zero-order chi connectivity index (χ0) is 31.6. The Balaban J connectivity index is 1.45. The second kappa shape index (κ2) is 12.5. The fraction of sp³-hybridized carbons (Fsp3) is 0.312. The fourth-order valence-electron chi connectivity index (χ4n) is 5.02. The molecule has 1 aromatic carbocycles. The molecule has 0 unspecified atom stereocenters. The number of nitrogens with one attached hydrogen (secondary N) is 1. The van der Waals surface area contributed by atoms with Crippen molar-refractivity contribution in [3.8, 4) is 28.3 Å². The maximum absolute atomic E-state index is 13.1. The number of aldehydes is 1. The van der Waals surface area contributed by atoms with E-state index in [-0.39, 0.29) is 30.6 Å². The number of pyridine rings is 2. The first kappa shape index (κ1) is 30.7. The summed E-state index contributed by atoms with van der Waals surface area (Å²) < 4.78 is 12.6. The van der Waals surface area contributed by atoms with Gasteiger partial charge in [0.25, 0.3) is 5.56 Å². The Kier molecular flexibility index (Phi) is 8.68. The number of aromatic nitrogens is 3. The fourth-order valence-corrected chi connectivity index (χ4v) is 5.35. The van der Waals surface area contributed by atoms with Crippen LogP contribution >= 0.6 is 11.6 Å². The summed E-state index contributed by atoms with van der Waals surface area (Å²) in [6.07, 6.45) is 3.83. The van der Waals surface area contributed by atoms with Crippen LogP contribution < -0.4 is 15.6 Å². The minimum atomic E-state index is -0.697. The third-order valence-corrected chi connectivity index (χ3v) is 7.53. The van der Waals surface area contributed by atoms with Gasteiger partial charge in [0.2, 0.25) is 11.8 Å². The summed E-state index contributed by atoms with van der Waals surface area (Å²) in [6.45, 7) is 5.83. The first-order valence-corrected chi connectivity index (χ1v) is 14.4. The van der Waals surface area contributed by atoms with E-state index in [2.05, 4.69) is 10.3 Å². The molecular formula is C32H32ClN5O6. The molecule has 228 valence electrons. The third kappa shape index (κ3) is 6.57. The van der Waals surface area contributed by atoms with Crippen molar-refractivity contribution in [2.75, 3.05) is 13.7 Å². The molecule has 0 spiro atoms. The number of carbonyl (C=O) groups is 3. The number of rotatable bonds is 8. The molecule has 0 aliphatic carbocycles. The standard InChI is InChI=1S/C32H32ClN5O6/c1-32(2,3)44-31(42)37(17-22-9-11-27(40)35-22)16-20-8-10-25(36-29(20)43-4)24-7-5-6-23(28(24)33)19-12-13-38-26(14-19)34-15-21(18-39)30(38)41/h5-8,10,12-15,18,22H,9,11,16-17H2,1-4H3,(H,35,40)/t22-/m0/s1. The lowest BCUT2D eigenvalue weighted by atomic mass is 10.0. The smallest absolute Gasteiger partial charge is 0.410 e. The molecular weight excluding hydrogens is 586 g/mol. The lowest BCUT2D eigenvalue weighted by Gasteiger charge is -2.29. The molecule has 11 nitrogen and oxygen atoms in total. The van der Waals surface area contributed by atoms with Crippen LogP contribution in [0.4, 0.5) is 4.79 Å². The van der Waals surface area contributed by atoms with Crippen molar-refractivity contribution in [1.29, 1.82) is 0 Å². The van der Waals surface area contributed by atoms with Crippen LogP contribution in [-0.4, -0.2) is 62.9 Å². The van der Waals surface area contributed by atoms with Crippen molar-refractivity contribution >= 4 is 35.5 Å². The van der Waals surface area contributed by atoms with Crippen LogP contribution in [0.15, 0.2) is 59.7 Å². The van der Waals surface area contributed by atoms with Crippen molar-refractivity contribution in [2.45, 2.75) is 51.8 Å². The van der Waals surface area contributed by atoms with Crippen molar-refractivity contribution in [2.24, 2.45) is 0 Å². The molecule has 1 N–H and O–H groups in total. The van der Waals surface area contributed by atoms with E-state index in [9.17, 15) is 19.2 Å². The number of halogens is 1. The Morgan fingerprint density at radius 3 is 2.64 bits per heavy atom. The Labute approximate surface area is 258 Å². The van der Waals surface area contributed by atoms with Crippen LogP contribution in [0.25, 0.3) is 28.0 Å². The van der Waals surface area contributed by atoms with E-state index >= 15 is 0 Å². The largest absolute Gasteiger partial charge is 0.481 e. The predicted molar refractivity (Wildman–Crippen MR) is 165 cm³/mol. The van der Waals surface area contributed by atoms with Gasteiger partial charge in [0.15, 0.2) is 6.29 Å². The SMILES string of the molecule is COc1nc(-c2cccc(-c3ccn4c(=O)c(C=O)cnc4c3)c2Cl)ccc1CN(C[C@@H]1CCC(=O)N1)C(=O)OC(C)(C)C. The lowest BCUT2D eigenvalue weighted by molar-refractivity contribution is -0.119. The summed E-state index contributed by atoms with van der Waals surface area (Å²) in [5.74, 6) is 0.274. The molecule has 44 heavy (non-hydrogen) atoms. The third-order valence-electron chi connectivity index (χ3n) is 7.12. The van der Waals surface area contributed by atoms with E-state index < -0.39 is 17.3 Å². The topological polar surface area (TPSA) is 132 Å². The minimum absolute atomic E-state index is 0.0294. The lowest BCUT2D eigenvalue weighted by Crippen LogP contribution is -2.43. The van der Waals surface area contributed by atoms with E-state index in [1.807, 2.05) is 24.3 Å². The summed E-state index contributed by atoms with van der Waals surface area (Å²) in [5.41, 5.74) is 2.46. The number of carbonyl (C=O) groups excluding carboxylic acids is 3. The van der Waals surface area contributed by atoms with Gasteiger partial charge in [-0.25, -0.2) is 14.8 Å². The molecule has 1 atom stereocenters. The average molecular weight is 618 g/mol. The summed E-state index contributed by atoms with van der Waals surface area (Å²) in [5, 5.41) is 3.33. The Morgan fingerprint density at radius 2 is 1.95 bits per heavy atom. The maximum atomic E-state index is 13.1. The van der Waals surface area contributed by atoms with Gasteiger partial charge in [-0.3, -0.25) is 18.8 Å². The van der Waals surface area contributed by atoms with Crippen LogP contribution in [-0.2, 0) is 16.1 Å². The van der Waals surface area contributed by atoms with Gasteiger partial charge in [-0.2, -0.15) is 0 Å². The van der Waals surface area contributed by atoms with Gasteiger partial charge in [0.1, 0.15) is 11.2 Å². The highest BCUT2D eigenvalue weighted by molar-refractivity contribution is 6.36. The molecule has 4 aromatic rings. The maximum Gasteiger partial charge on any atom is 0.410 e. The summed E-state index contributed by atoms with van der Waals surface area (Å²) in [6, 6.07) is 12.4. The van der Waals surface area contributed by atoms with Crippen molar-refractivity contribution in [1.82, 2.24) is 24.6 Å². The van der Waals surface area contributed by atoms with E-state index in [4.69, 9.17) is 26.1 Å². The van der Waals surface area contributed by atoms with E-state index in [0.717, 1.165) is 5.56 Å². The van der Waals surface area contributed by atoms with E-state index in [1.54, 1.807) is 50.1 Å². The zero-order valence-corrected chi connectivity index (χ0v) is 25.6. The first-order chi connectivity index (χ1) is 21.0. The average Bonchev–Trinajstić information content (AvgIpc) is 3.40. The number of nitrogens with zero attached hydrogens (tertiary/aromatic N) is 4. The molecule has 3 aromatic heterocycles. The highest BCUT2D eigenvalue weighted by Crippen LogP contribution is 2.37. The van der Waals surface area contributed by atoms with Gasteiger partial charge in [0, 0.05) is 48.1 Å². The van der Waals surface area contributed by atoms with Crippen LogP contribution in [0.5, 0.6) is 5.88 Å². The van der Waals surface area contributed by atoms with Crippen molar-refractivity contribution in [3.63, 3.8) is 0 Å². The van der Waals surface area contributed by atoms with Crippen LogP contribution in [0.3, 0.4) is 0 Å². The van der Waals surface area contributed by atoms with E-state index in [0.29, 0.717) is 58.1 Å². The van der Waals surface area contributed by atoms with Gasteiger partial charge in [0.05, 0.1) is 29.9 Å². The van der Waals surface area contributed by atoms with Crippen molar-refractivity contribution in [3.05, 3.63) is 81.4 Å². The van der Waals surface area contributed by atoms with Gasteiger partial charge >= 0.3 is 6.09 Å². The number of hydrogen-bond donors (Lipinski definition) is 1. The molecule has 12 heteroatoms. The highest BCUT2D eigenvalue weighted by atomic mass is 35.5. The first-order valence-electron chi connectivity index (χ1n) is 14.0. The number of methoxy groups -OCH3 is 1. The summed E-state index contributed by atoms with van der Waals surface area (Å²) >= 11 is 6.92. The molecule has 1 aliphatic rings. The molecule has 1 saturated heterocycles. The van der Waals surface area contributed by atoms with Crippen LogP contribution in [0, 0.1) is 0 Å². The highest BCUT2D eigenvalue weighted by Gasteiger charge is 2.29. The second-order valence-electron chi connectivity index (χ2n) is 11.5. The van der Waals surface area contributed by atoms with Gasteiger partial charge < -0.3 is 19.7 Å². The van der Waals surface area contributed by atoms with Gasteiger partial charge in [-0.15, -0.1) is 0 Å². The summed E-state index contributed by atoms with van der Waals surface area (Å²) in [7, 11) is 1.50. The number of ether oxygens (including phenoxy) is 2. The molecule has 0 radical (unpaired) electrons. The molecule has 4 heterocycles. The Bertz CT molecular complexity index is 1820. The quantitative estimate of drug-likeness (QED) is 0.276. The van der Waals surface area contributed by atoms with Gasteiger partial charge in [-0.05, 0) is 57.0 Å². The Morgan fingerprint density at radius 1 is 1.18 bits per heavy atom. The number of amides is 2. The molecule has 5 rings (SSSR count).